The number of sulfonamides is 1. The molecule has 1 amide bonds. The van der Waals surface area contributed by atoms with Crippen molar-refractivity contribution in [2.24, 2.45) is 13.0 Å². The molecule has 1 saturated carbocycles. The second-order valence-corrected chi connectivity index (χ2v) is 7.46. The lowest BCUT2D eigenvalue weighted by molar-refractivity contribution is 0.0955. The summed E-state index contributed by atoms with van der Waals surface area (Å²) in [5, 5.41) is 2.52. The van der Waals surface area contributed by atoms with Gasteiger partial charge in [-0.05, 0) is 31.2 Å². The Balaban J connectivity index is 1.93. The monoisotopic (exact) mass is 297 g/mol. The molecule has 0 aromatic carbocycles. The Labute approximate surface area is 118 Å². The minimum Gasteiger partial charge on any atom is -0.354 e. The van der Waals surface area contributed by atoms with Crippen molar-refractivity contribution in [1.82, 2.24) is 14.2 Å². The van der Waals surface area contributed by atoms with Gasteiger partial charge in [0.05, 0.1) is 0 Å². The van der Waals surface area contributed by atoms with Gasteiger partial charge in [-0.15, -0.1) is 0 Å². The zero-order valence-corrected chi connectivity index (χ0v) is 12.5. The largest absolute Gasteiger partial charge is 0.354 e. The fourth-order valence-corrected chi connectivity index (χ4v) is 4.84. The van der Waals surface area contributed by atoms with E-state index < -0.39 is 10.0 Å². The van der Waals surface area contributed by atoms with E-state index in [9.17, 15) is 13.2 Å². The number of piperidine rings is 1. The second kappa shape index (κ2) is 4.60. The summed E-state index contributed by atoms with van der Waals surface area (Å²) in [5.74, 6) is 0.262. The maximum Gasteiger partial charge on any atom is 0.267 e. The standard InChI is InChI=1S/C13H19N3O3S/c1-14-13(17)12-7-10(8-15(12)2)20(18,19)16-5-3-4-9-6-11(9)16/h7-9,11H,3-6H2,1-2H3,(H,14,17)/t9-,11-/m1/s1. The van der Waals surface area contributed by atoms with E-state index in [1.54, 1.807) is 15.9 Å². The Hall–Kier alpha value is -1.34. The molecule has 1 aliphatic heterocycles. The molecule has 1 aromatic rings. The highest BCUT2D eigenvalue weighted by Gasteiger charge is 2.49. The van der Waals surface area contributed by atoms with Crippen molar-refractivity contribution in [3.8, 4) is 0 Å². The fraction of sp³-hybridized carbons (Fsp3) is 0.615. The Morgan fingerprint density at radius 3 is 2.90 bits per heavy atom. The van der Waals surface area contributed by atoms with Crippen LogP contribution in [0.5, 0.6) is 0 Å². The number of aryl methyl sites for hydroxylation is 1. The molecule has 0 unspecified atom stereocenters. The van der Waals surface area contributed by atoms with Crippen molar-refractivity contribution in [1.29, 1.82) is 0 Å². The molecule has 110 valence electrons. The molecule has 1 aliphatic carbocycles. The SMILES string of the molecule is CNC(=O)c1cc(S(=O)(=O)N2CCC[C@@H]3C[C@H]32)cn1C. The number of hydrogen-bond acceptors (Lipinski definition) is 3. The normalized spacial score (nSPS) is 26.1. The first-order valence-electron chi connectivity index (χ1n) is 6.85. The minimum absolute atomic E-state index is 0.178. The van der Waals surface area contributed by atoms with Crippen LogP contribution in [-0.2, 0) is 17.1 Å². The average molecular weight is 297 g/mol. The Morgan fingerprint density at radius 1 is 1.45 bits per heavy atom. The zero-order chi connectivity index (χ0) is 14.5. The predicted octanol–water partition coefficient (Wildman–Crippen LogP) is 0.558. The van der Waals surface area contributed by atoms with E-state index in [4.69, 9.17) is 0 Å². The van der Waals surface area contributed by atoms with Crippen LogP contribution in [0, 0.1) is 5.92 Å². The van der Waals surface area contributed by atoms with Gasteiger partial charge in [-0.3, -0.25) is 4.79 Å². The van der Waals surface area contributed by atoms with E-state index in [0.717, 1.165) is 19.3 Å². The molecule has 2 atom stereocenters. The predicted molar refractivity (Wildman–Crippen MR) is 73.8 cm³/mol. The highest BCUT2D eigenvalue weighted by Crippen LogP contribution is 2.45. The van der Waals surface area contributed by atoms with Gasteiger partial charge in [0.2, 0.25) is 10.0 Å². The highest BCUT2D eigenvalue weighted by atomic mass is 32.2. The molecule has 20 heavy (non-hydrogen) atoms. The van der Waals surface area contributed by atoms with Crippen LogP contribution in [0.25, 0.3) is 0 Å². The molecule has 1 aromatic heterocycles. The number of nitrogens with zero attached hydrogens (tertiary/aromatic N) is 2. The Morgan fingerprint density at radius 2 is 2.20 bits per heavy atom. The summed E-state index contributed by atoms with van der Waals surface area (Å²) in [7, 11) is -0.269. The lowest BCUT2D eigenvalue weighted by Gasteiger charge is -2.25. The van der Waals surface area contributed by atoms with E-state index in [1.165, 1.54) is 19.3 Å². The summed E-state index contributed by atoms with van der Waals surface area (Å²) in [6, 6.07) is 1.64. The van der Waals surface area contributed by atoms with Crippen LogP contribution in [-0.4, -0.2) is 42.8 Å². The number of fused-ring (bicyclic) bond motifs is 1. The van der Waals surface area contributed by atoms with Gasteiger partial charge in [-0.25, -0.2) is 8.42 Å². The third kappa shape index (κ3) is 2.05. The molecule has 2 heterocycles. The highest BCUT2D eigenvalue weighted by molar-refractivity contribution is 7.89. The van der Waals surface area contributed by atoms with Crippen molar-refractivity contribution in [2.75, 3.05) is 13.6 Å². The van der Waals surface area contributed by atoms with Crippen LogP contribution in [0.3, 0.4) is 0 Å². The van der Waals surface area contributed by atoms with Crippen LogP contribution in [0.1, 0.15) is 29.8 Å². The summed E-state index contributed by atoms with van der Waals surface area (Å²) >= 11 is 0. The quantitative estimate of drug-likeness (QED) is 0.886. The van der Waals surface area contributed by atoms with Crippen LogP contribution >= 0.6 is 0 Å². The van der Waals surface area contributed by atoms with Crippen LogP contribution in [0.2, 0.25) is 0 Å². The molecule has 6 nitrogen and oxygen atoms in total. The van der Waals surface area contributed by atoms with E-state index in [1.807, 2.05) is 0 Å². The van der Waals surface area contributed by atoms with Gasteiger partial charge >= 0.3 is 0 Å². The van der Waals surface area contributed by atoms with Crippen molar-refractivity contribution in [2.45, 2.75) is 30.2 Å². The molecule has 2 aliphatic rings. The van der Waals surface area contributed by atoms with E-state index in [2.05, 4.69) is 5.32 Å². The smallest absolute Gasteiger partial charge is 0.267 e. The number of hydrogen-bond donors (Lipinski definition) is 1. The van der Waals surface area contributed by atoms with E-state index >= 15 is 0 Å². The van der Waals surface area contributed by atoms with Gasteiger partial charge in [-0.2, -0.15) is 4.31 Å². The second-order valence-electron chi connectivity index (χ2n) is 5.57. The van der Waals surface area contributed by atoms with Crippen molar-refractivity contribution < 1.29 is 13.2 Å². The molecule has 1 saturated heterocycles. The lowest BCUT2D eigenvalue weighted by atomic mass is 10.2. The summed E-state index contributed by atoms with van der Waals surface area (Å²) in [6.45, 7) is 0.591. The summed E-state index contributed by atoms with van der Waals surface area (Å²) < 4.78 is 28.5. The summed E-state index contributed by atoms with van der Waals surface area (Å²) in [4.78, 5) is 11.9. The first-order chi connectivity index (χ1) is 9.45. The molecule has 0 spiro atoms. The van der Waals surface area contributed by atoms with Crippen LogP contribution in [0.4, 0.5) is 0 Å². The van der Waals surface area contributed by atoms with Crippen molar-refractivity contribution in [3.63, 3.8) is 0 Å². The van der Waals surface area contributed by atoms with Crippen LogP contribution < -0.4 is 5.32 Å². The zero-order valence-electron chi connectivity index (χ0n) is 11.7. The summed E-state index contributed by atoms with van der Waals surface area (Å²) in [6.07, 6.45) is 4.56. The molecular formula is C13H19N3O3S. The minimum atomic E-state index is -3.48. The number of carbonyl (C=O) groups is 1. The molecular weight excluding hydrogens is 278 g/mol. The summed E-state index contributed by atoms with van der Waals surface area (Å²) in [5.41, 5.74) is 0.357. The van der Waals surface area contributed by atoms with Gasteiger partial charge in [0.1, 0.15) is 10.6 Å². The van der Waals surface area contributed by atoms with E-state index in [-0.39, 0.29) is 16.8 Å². The maximum atomic E-state index is 12.7. The number of nitrogens with one attached hydrogen (secondary N) is 1. The Bertz CT molecular complexity index is 650. The van der Waals surface area contributed by atoms with Crippen LogP contribution in [0.15, 0.2) is 17.2 Å². The Kier molecular flexibility index (Phi) is 3.13. The topological polar surface area (TPSA) is 71.4 Å². The number of rotatable bonds is 3. The van der Waals surface area contributed by atoms with Gasteiger partial charge in [0.25, 0.3) is 5.91 Å². The average Bonchev–Trinajstić information content (AvgIpc) is 3.11. The van der Waals surface area contributed by atoms with Crippen molar-refractivity contribution >= 4 is 15.9 Å². The molecule has 3 rings (SSSR count). The van der Waals surface area contributed by atoms with Gasteiger partial charge in [-0.1, -0.05) is 0 Å². The number of amides is 1. The molecule has 0 radical (unpaired) electrons. The van der Waals surface area contributed by atoms with Crippen molar-refractivity contribution in [3.05, 3.63) is 18.0 Å². The maximum absolute atomic E-state index is 12.7. The molecule has 0 bridgehead atoms. The lowest BCUT2D eigenvalue weighted by Crippen LogP contribution is -2.37. The van der Waals surface area contributed by atoms with Gasteiger partial charge < -0.3 is 9.88 Å². The van der Waals surface area contributed by atoms with Gasteiger partial charge in [0, 0.05) is 32.9 Å². The first kappa shape index (κ1) is 13.6. The third-order valence-electron chi connectivity index (χ3n) is 4.25. The van der Waals surface area contributed by atoms with E-state index in [0.29, 0.717) is 18.2 Å². The number of aromatic nitrogens is 1. The molecule has 1 N–H and O–H groups in total. The molecule has 7 heteroatoms. The van der Waals surface area contributed by atoms with Gasteiger partial charge in [0.15, 0.2) is 0 Å². The third-order valence-corrected chi connectivity index (χ3v) is 6.14. The molecule has 2 fully saturated rings. The first-order valence-corrected chi connectivity index (χ1v) is 8.29. The number of carbonyl (C=O) groups excluding carboxylic acids is 1. The fourth-order valence-electron chi connectivity index (χ4n) is 3.03.